The molecule has 0 saturated carbocycles. The summed E-state index contributed by atoms with van der Waals surface area (Å²) in [6, 6.07) is 12.4. The van der Waals surface area contributed by atoms with Crippen molar-refractivity contribution in [1.82, 2.24) is 15.3 Å². The molecule has 0 saturated heterocycles. The number of benzene rings is 2. The molecule has 0 unspecified atom stereocenters. The molecular formula is C23H28N6O. The Morgan fingerprint density at radius 1 is 1.07 bits per heavy atom. The van der Waals surface area contributed by atoms with Gasteiger partial charge in [-0.05, 0) is 55.3 Å². The van der Waals surface area contributed by atoms with Crippen LogP contribution in [-0.2, 0) is 13.0 Å². The SMILES string of the molecule is COc1cc2c(cc1Nc1ncc(C)c(Nc3ccccc3N(C)C)n1)CNCC2. The standard InChI is InChI=1S/C23H28N6O/c1-15-13-25-23(28-22(15)26-18-7-5-6-8-20(18)29(2)3)27-19-11-17-14-24-10-9-16(17)12-21(19)30-4/h5-8,11-13,24H,9-10,14H2,1-4H3,(H2,25,26,27,28). The van der Waals surface area contributed by atoms with E-state index >= 15 is 0 Å². The van der Waals surface area contributed by atoms with Crippen LogP contribution in [0.25, 0.3) is 0 Å². The van der Waals surface area contributed by atoms with Gasteiger partial charge < -0.3 is 25.6 Å². The first-order valence-corrected chi connectivity index (χ1v) is 10.1. The highest BCUT2D eigenvalue weighted by Gasteiger charge is 2.15. The fourth-order valence-corrected chi connectivity index (χ4v) is 3.62. The molecular weight excluding hydrogens is 376 g/mol. The molecule has 1 aromatic heterocycles. The van der Waals surface area contributed by atoms with Crippen LogP contribution in [0.3, 0.4) is 0 Å². The minimum atomic E-state index is 0.521. The molecule has 1 aliphatic heterocycles. The molecule has 7 nitrogen and oxygen atoms in total. The summed E-state index contributed by atoms with van der Waals surface area (Å²) in [5.41, 5.74) is 6.51. The molecule has 0 radical (unpaired) electrons. The number of anilines is 5. The van der Waals surface area contributed by atoms with E-state index in [0.717, 1.165) is 53.7 Å². The van der Waals surface area contributed by atoms with E-state index in [1.807, 2.05) is 45.4 Å². The molecule has 0 fully saturated rings. The van der Waals surface area contributed by atoms with Gasteiger partial charge in [-0.2, -0.15) is 4.98 Å². The summed E-state index contributed by atoms with van der Waals surface area (Å²) in [5, 5.41) is 10.2. The van der Waals surface area contributed by atoms with Crippen molar-refractivity contribution in [1.29, 1.82) is 0 Å². The van der Waals surface area contributed by atoms with Crippen LogP contribution in [0, 0.1) is 6.92 Å². The van der Waals surface area contributed by atoms with Crippen molar-refractivity contribution in [2.75, 3.05) is 43.3 Å². The molecule has 1 aliphatic rings. The number of fused-ring (bicyclic) bond motifs is 1. The van der Waals surface area contributed by atoms with Gasteiger partial charge in [-0.25, -0.2) is 4.98 Å². The third kappa shape index (κ3) is 4.16. The number of ether oxygens (including phenoxy) is 1. The van der Waals surface area contributed by atoms with Crippen molar-refractivity contribution in [3.63, 3.8) is 0 Å². The molecule has 2 aromatic carbocycles. The number of rotatable bonds is 6. The number of para-hydroxylation sites is 2. The maximum atomic E-state index is 5.62. The first-order valence-electron chi connectivity index (χ1n) is 10.1. The predicted octanol–water partition coefficient (Wildman–Crippen LogP) is 3.99. The molecule has 0 aliphatic carbocycles. The van der Waals surface area contributed by atoms with E-state index in [2.05, 4.69) is 44.0 Å². The third-order valence-electron chi connectivity index (χ3n) is 5.27. The molecule has 156 valence electrons. The van der Waals surface area contributed by atoms with Gasteiger partial charge in [-0.15, -0.1) is 0 Å². The highest BCUT2D eigenvalue weighted by Crippen LogP contribution is 2.33. The number of methoxy groups -OCH3 is 1. The zero-order chi connectivity index (χ0) is 21.1. The number of nitrogens with zero attached hydrogens (tertiary/aromatic N) is 3. The second-order valence-electron chi connectivity index (χ2n) is 7.63. The van der Waals surface area contributed by atoms with E-state index in [1.54, 1.807) is 7.11 Å². The van der Waals surface area contributed by atoms with Crippen molar-refractivity contribution in [2.24, 2.45) is 0 Å². The van der Waals surface area contributed by atoms with Gasteiger partial charge in [0.15, 0.2) is 0 Å². The highest BCUT2D eigenvalue weighted by molar-refractivity contribution is 5.75. The lowest BCUT2D eigenvalue weighted by Crippen LogP contribution is -2.23. The molecule has 0 atom stereocenters. The van der Waals surface area contributed by atoms with Crippen molar-refractivity contribution in [2.45, 2.75) is 19.9 Å². The van der Waals surface area contributed by atoms with Crippen LogP contribution in [0.4, 0.5) is 28.8 Å². The van der Waals surface area contributed by atoms with Crippen molar-refractivity contribution >= 4 is 28.8 Å². The zero-order valence-corrected chi connectivity index (χ0v) is 17.9. The molecule has 2 heterocycles. The molecule has 3 aromatic rings. The van der Waals surface area contributed by atoms with Gasteiger partial charge in [0.25, 0.3) is 0 Å². The van der Waals surface area contributed by atoms with Gasteiger partial charge in [-0.3, -0.25) is 0 Å². The Hall–Kier alpha value is -3.32. The summed E-state index contributed by atoms with van der Waals surface area (Å²) in [6.45, 7) is 3.85. The first-order chi connectivity index (χ1) is 14.5. The van der Waals surface area contributed by atoms with Crippen LogP contribution in [0.15, 0.2) is 42.6 Å². The minimum absolute atomic E-state index is 0.521. The van der Waals surface area contributed by atoms with Gasteiger partial charge in [0, 0.05) is 32.4 Å². The molecule has 0 spiro atoms. The average Bonchev–Trinajstić information content (AvgIpc) is 2.75. The van der Waals surface area contributed by atoms with Crippen molar-refractivity contribution in [3.8, 4) is 5.75 Å². The monoisotopic (exact) mass is 404 g/mol. The fraction of sp³-hybridized carbons (Fsp3) is 0.304. The number of hydrogen-bond acceptors (Lipinski definition) is 7. The fourth-order valence-electron chi connectivity index (χ4n) is 3.62. The third-order valence-corrected chi connectivity index (χ3v) is 5.27. The Balaban J connectivity index is 1.63. The van der Waals surface area contributed by atoms with Crippen LogP contribution in [0.5, 0.6) is 5.75 Å². The van der Waals surface area contributed by atoms with Crippen LogP contribution >= 0.6 is 0 Å². The lowest BCUT2D eigenvalue weighted by molar-refractivity contribution is 0.415. The van der Waals surface area contributed by atoms with Crippen LogP contribution < -0.4 is 25.6 Å². The lowest BCUT2D eigenvalue weighted by atomic mass is 10.00. The highest BCUT2D eigenvalue weighted by atomic mass is 16.5. The van der Waals surface area contributed by atoms with Gasteiger partial charge in [0.05, 0.1) is 24.2 Å². The quantitative estimate of drug-likeness (QED) is 0.573. The second kappa shape index (κ2) is 8.59. The number of nitrogens with one attached hydrogen (secondary N) is 3. The summed E-state index contributed by atoms with van der Waals surface area (Å²) >= 11 is 0. The maximum Gasteiger partial charge on any atom is 0.229 e. The second-order valence-corrected chi connectivity index (χ2v) is 7.63. The summed E-state index contributed by atoms with van der Waals surface area (Å²) in [4.78, 5) is 11.3. The zero-order valence-electron chi connectivity index (χ0n) is 17.9. The van der Waals surface area contributed by atoms with Crippen molar-refractivity contribution in [3.05, 3.63) is 59.3 Å². The van der Waals surface area contributed by atoms with Gasteiger partial charge in [0.1, 0.15) is 11.6 Å². The Morgan fingerprint density at radius 2 is 1.90 bits per heavy atom. The number of aryl methyl sites for hydroxylation is 1. The molecule has 0 bridgehead atoms. The molecule has 4 rings (SSSR count). The Bertz CT molecular complexity index is 1050. The number of aromatic nitrogens is 2. The lowest BCUT2D eigenvalue weighted by Gasteiger charge is -2.21. The first kappa shape index (κ1) is 20.0. The van der Waals surface area contributed by atoms with E-state index < -0.39 is 0 Å². The van der Waals surface area contributed by atoms with E-state index in [0.29, 0.717) is 5.95 Å². The van der Waals surface area contributed by atoms with Gasteiger partial charge >= 0.3 is 0 Å². The average molecular weight is 405 g/mol. The van der Waals surface area contributed by atoms with Crippen molar-refractivity contribution < 1.29 is 4.74 Å². The molecule has 0 amide bonds. The molecule has 30 heavy (non-hydrogen) atoms. The molecule has 3 N–H and O–H groups in total. The van der Waals surface area contributed by atoms with Gasteiger partial charge in [0.2, 0.25) is 5.95 Å². The van der Waals surface area contributed by atoms with E-state index in [9.17, 15) is 0 Å². The van der Waals surface area contributed by atoms with E-state index in [1.165, 1.54) is 11.1 Å². The minimum Gasteiger partial charge on any atom is -0.495 e. The largest absolute Gasteiger partial charge is 0.495 e. The Kier molecular flexibility index (Phi) is 5.72. The predicted molar refractivity (Wildman–Crippen MR) is 123 cm³/mol. The summed E-state index contributed by atoms with van der Waals surface area (Å²) in [7, 11) is 5.74. The van der Waals surface area contributed by atoms with E-state index in [-0.39, 0.29) is 0 Å². The smallest absolute Gasteiger partial charge is 0.229 e. The molecule has 7 heteroatoms. The topological polar surface area (TPSA) is 74.3 Å². The van der Waals surface area contributed by atoms with E-state index in [4.69, 9.17) is 9.72 Å². The normalized spacial score (nSPS) is 12.8. The summed E-state index contributed by atoms with van der Waals surface area (Å²) in [6.07, 6.45) is 2.83. The summed E-state index contributed by atoms with van der Waals surface area (Å²) < 4.78 is 5.62. The maximum absolute atomic E-state index is 5.62. The Labute approximate surface area is 177 Å². The summed E-state index contributed by atoms with van der Waals surface area (Å²) in [5.74, 6) is 2.08. The Morgan fingerprint density at radius 3 is 2.70 bits per heavy atom. The number of hydrogen-bond donors (Lipinski definition) is 3. The van der Waals surface area contributed by atoms with Gasteiger partial charge in [-0.1, -0.05) is 12.1 Å². The van der Waals surface area contributed by atoms with Crippen LogP contribution in [0.2, 0.25) is 0 Å². The van der Waals surface area contributed by atoms with Crippen LogP contribution in [-0.4, -0.2) is 37.7 Å². The van der Waals surface area contributed by atoms with Crippen LogP contribution in [0.1, 0.15) is 16.7 Å².